The number of ketones is 1. The van der Waals surface area contributed by atoms with Gasteiger partial charge < -0.3 is 9.84 Å². The number of anilines is 1. The minimum atomic E-state index is -1.03. The van der Waals surface area contributed by atoms with Gasteiger partial charge in [-0.25, -0.2) is 8.78 Å². The molecule has 1 atom stereocenters. The van der Waals surface area contributed by atoms with Crippen LogP contribution in [0.2, 0.25) is 0 Å². The van der Waals surface area contributed by atoms with Crippen molar-refractivity contribution in [3.05, 3.63) is 101 Å². The van der Waals surface area contributed by atoms with Crippen molar-refractivity contribution >= 4 is 23.1 Å². The van der Waals surface area contributed by atoms with Crippen molar-refractivity contribution in [1.29, 1.82) is 0 Å². The number of carbonyl (C=O) groups excluding carboxylic acids is 2. The van der Waals surface area contributed by atoms with Crippen molar-refractivity contribution in [2.45, 2.75) is 26.0 Å². The summed E-state index contributed by atoms with van der Waals surface area (Å²) in [6.45, 7) is 3.76. The molecule has 1 aliphatic rings. The quantitative estimate of drug-likeness (QED) is 0.323. The highest BCUT2D eigenvalue weighted by Crippen LogP contribution is 2.42. The van der Waals surface area contributed by atoms with E-state index >= 15 is 0 Å². The number of ether oxygens (including phenoxy) is 1. The lowest BCUT2D eigenvalue weighted by Crippen LogP contribution is -2.29. The van der Waals surface area contributed by atoms with E-state index in [4.69, 9.17) is 4.74 Å². The maximum Gasteiger partial charge on any atom is 0.300 e. The molecule has 1 amide bonds. The fourth-order valence-electron chi connectivity index (χ4n) is 3.78. The summed E-state index contributed by atoms with van der Waals surface area (Å²) in [5.74, 6) is -2.55. The number of nitrogens with zero attached hydrogens (tertiary/aromatic N) is 1. The third-order valence-corrected chi connectivity index (χ3v) is 5.23. The second-order valence-corrected chi connectivity index (χ2v) is 7.89. The highest BCUT2D eigenvalue weighted by atomic mass is 19.1. The molecule has 33 heavy (non-hydrogen) atoms. The molecule has 1 fully saturated rings. The Balaban J connectivity index is 1.85. The van der Waals surface area contributed by atoms with Gasteiger partial charge in [-0.3, -0.25) is 14.5 Å². The van der Waals surface area contributed by atoms with E-state index in [-0.39, 0.29) is 23.1 Å². The summed E-state index contributed by atoms with van der Waals surface area (Å²) in [6.07, 6.45) is -0.0380. The molecule has 0 aliphatic carbocycles. The molecule has 3 aromatic rings. The van der Waals surface area contributed by atoms with E-state index in [0.29, 0.717) is 16.9 Å². The lowest BCUT2D eigenvalue weighted by Gasteiger charge is -2.25. The van der Waals surface area contributed by atoms with Crippen LogP contribution in [0, 0.1) is 11.6 Å². The number of hydrogen-bond donors (Lipinski definition) is 1. The maximum atomic E-state index is 13.6. The summed E-state index contributed by atoms with van der Waals surface area (Å²) in [5, 5.41) is 11.1. The molecule has 3 aromatic carbocycles. The van der Waals surface area contributed by atoms with Crippen molar-refractivity contribution in [3.8, 4) is 5.75 Å². The van der Waals surface area contributed by atoms with Gasteiger partial charge in [0.05, 0.1) is 17.7 Å². The van der Waals surface area contributed by atoms with Crippen molar-refractivity contribution in [3.63, 3.8) is 0 Å². The molecule has 168 valence electrons. The van der Waals surface area contributed by atoms with E-state index in [0.717, 1.165) is 0 Å². The van der Waals surface area contributed by atoms with Crippen molar-refractivity contribution in [2.24, 2.45) is 0 Å². The largest absolute Gasteiger partial charge is 0.507 e. The first-order chi connectivity index (χ1) is 15.8. The van der Waals surface area contributed by atoms with Gasteiger partial charge >= 0.3 is 0 Å². The summed E-state index contributed by atoms with van der Waals surface area (Å²) >= 11 is 0. The fourth-order valence-corrected chi connectivity index (χ4v) is 3.78. The zero-order chi connectivity index (χ0) is 23.7. The van der Waals surface area contributed by atoms with Crippen LogP contribution in [0.1, 0.15) is 31.0 Å². The molecule has 1 aliphatic heterocycles. The predicted octanol–water partition coefficient (Wildman–Crippen LogP) is 5.38. The van der Waals surface area contributed by atoms with Crippen LogP contribution in [0.4, 0.5) is 14.5 Å². The number of rotatable bonds is 5. The van der Waals surface area contributed by atoms with Gasteiger partial charge in [-0.05, 0) is 80.1 Å². The lowest BCUT2D eigenvalue weighted by atomic mass is 9.95. The van der Waals surface area contributed by atoms with Crippen LogP contribution in [0.3, 0.4) is 0 Å². The number of aliphatic hydroxyl groups is 1. The molecule has 0 bridgehead atoms. The molecule has 1 unspecified atom stereocenters. The Morgan fingerprint density at radius 3 is 1.97 bits per heavy atom. The van der Waals surface area contributed by atoms with Gasteiger partial charge in [0.25, 0.3) is 11.7 Å². The van der Waals surface area contributed by atoms with Gasteiger partial charge in [0.15, 0.2) is 0 Å². The standard InChI is InChI=1S/C26H21F2NO4/c1-15(2)33-21-13-5-17(6-14-21)24(30)22-23(16-3-7-18(27)8-4-16)29(26(32)25(22)31)20-11-9-19(28)10-12-20/h3-15,23,30H,1-2H3/b24-22+. The molecule has 5 nitrogen and oxygen atoms in total. The monoisotopic (exact) mass is 449 g/mol. The Kier molecular flexibility index (Phi) is 5.96. The van der Waals surface area contributed by atoms with Crippen molar-refractivity contribution in [2.75, 3.05) is 4.90 Å². The zero-order valence-corrected chi connectivity index (χ0v) is 18.0. The summed E-state index contributed by atoms with van der Waals surface area (Å²) in [7, 11) is 0. The molecule has 1 saturated heterocycles. The Morgan fingerprint density at radius 1 is 0.879 bits per heavy atom. The highest BCUT2D eigenvalue weighted by Gasteiger charge is 2.46. The number of Topliss-reactive ketones (excluding diaryl/α,β-unsaturated/α-hetero) is 1. The molecule has 4 rings (SSSR count). The second kappa shape index (κ2) is 8.86. The Hall–Kier alpha value is -4.00. The lowest BCUT2D eigenvalue weighted by molar-refractivity contribution is -0.132. The molecular formula is C26H21F2NO4. The van der Waals surface area contributed by atoms with E-state index in [1.54, 1.807) is 24.3 Å². The average Bonchev–Trinajstić information content (AvgIpc) is 3.05. The van der Waals surface area contributed by atoms with E-state index in [1.807, 2.05) is 13.8 Å². The van der Waals surface area contributed by atoms with Gasteiger partial charge in [-0.2, -0.15) is 0 Å². The highest BCUT2D eigenvalue weighted by molar-refractivity contribution is 6.51. The number of hydrogen-bond acceptors (Lipinski definition) is 4. The zero-order valence-electron chi connectivity index (χ0n) is 18.0. The van der Waals surface area contributed by atoms with Gasteiger partial charge in [-0.15, -0.1) is 0 Å². The minimum absolute atomic E-state index is 0.0380. The third kappa shape index (κ3) is 4.35. The van der Waals surface area contributed by atoms with Crippen LogP contribution in [-0.2, 0) is 9.59 Å². The predicted molar refractivity (Wildman–Crippen MR) is 120 cm³/mol. The van der Waals surface area contributed by atoms with Gasteiger partial charge in [-0.1, -0.05) is 12.1 Å². The first-order valence-corrected chi connectivity index (χ1v) is 10.4. The van der Waals surface area contributed by atoms with Crippen LogP contribution in [0.15, 0.2) is 78.4 Å². The first kappa shape index (κ1) is 22.2. The summed E-state index contributed by atoms with van der Waals surface area (Å²) in [5.41, 5.74) is 0.859. The van der Waals surface area contributed by atoms with Crippen LogP contribution in [0.25, 0.3) is 5.76 Å². The van der Waals surface area contributed by atoms with E-state index in [2.05, 4.69) is 0 Å². The maximum absolute atomic E-state index is 13.6. The SMILES string of the molecule is CC(C)Oc1ccc(/C(O)=C2\C(=O)C(=O)N(c3ccc(F)cc3)C2c2ccc(F)cc2)cc1. The number of aliphatic hydroxyl groups excluding tert-OH is 1. The molecule has 0 radical (unpaired) electrons. The van der Waals surface area contributed by atoms with Crippen LogP contribution < -0.4 is 9.64 Å². The number of benzene rings is 3. The Labute approximate surface area is 189 Å². The van der Waals surface area contributed by atoms with E-state index in [1.165, 1.54) is 53.4 Å². The smallest absolute Gasteiger partial charge is 0.300 e. The minimum Gasteiger partial charge on any atom is -0.507 e. The fraction of sp³-hybridized carbons (Fsp3) is 0.154. The van der Waals surface area contributed by atoms with Crippen LogP contribution >= 0.6 is 0 Å². The second-order valence-electron chi connectivity index (χ2n) is 7.89. The number of halogens is 2. The molecule has 0 spiro atoms. The first-order valence-electron chi connectivity index (χ1n) is 10.4. The van der Waals surface area contributed by atoms with E-state index in [9.17, 15) is 23.5 Å². The molecular weight excluding hydrogens is 428 g/mol. The summed E-state index contributed by atoms with van der Waals surface area (Å²) < 4.78 is 32.7. The molecule has 0 saturated carbocycles. The van der Waals surface area contributed by atoms with Crippen LogP contribution in [0.5, 0.6) is 5.75 Å². The Morgan fingerprint density at radius 2 is 1.42 bits per heavy atom. The van der Waals surface area contributed by atoms with E-state index < -0.39 is 29.4 Å². The van der Waals surface area contributed by atoms with Gasteiger partial charge in [0.1, 0.15) is 23.1 Å². The van der Waals surface area contributed by atoms with Crippen LogP contribution in [-0.4, -0.2) is 22.9 Å². The molecule has 1 heterocycles. The summed E-state index contributed by atoms with van der Waals surface area (Å²) in [6, 6.07) is 15.8. The Bertz CT molecular complexity index is 1220. The van der Waals surface area contributed by atoms with Crippen molar-refractivity contribution < 1.29 is 28.2 Å². The van der Waals surface area contributed by atoms with Gasteiger partial charge in [0, 0.05) is 11.3 Å². The third-order valence-electron chi connectivity index (χ3n) is 5.23. The number of carbonyl (C=O) groups is 2. The molecule has 7 heteroatoms. The van der Waals surface area contributed by atoms with Crippen molar-refractivity contribution in [1.82, 2.24) is 0 Å². The van der Waals surface area contributed by atoms with Gasteiger partial charge in [0.2, 0.25) is 0 Å². The molecule has 0 aromatic heterocycles. The number of amides is 1. The average molecular weight is 449 g/mol. The topological polar surface area (TPSA) is 66.8 Å². The normalized spacial score (nSPS) is 17.6. The summed E-state index contributed by atoms with van der Waals surface area (Å²) in [4.78, 5) is 27.2. The molecule has 1 N–H and O–H groups in total.